The lowest BCUT2D eigenvalue weighted by molar-refractivity contribution is -0.00612. The van der Waals surface area contributed by atoms with Crippen LogP contribution in [0.1, 0.15) is 60.1 Å². The summed E-state index contributed by atoms with van der Waals surface area (Å²) in [5, 5.41) is 21.6. The van der Waals surface area contributed by atoms with Gasteiger partial charge in [-0.3, -0.25) is 4.79 Å². The Morgan fingerprint density at radius 3 is 2.35 bits per heavy atom. The normalized spacial score (nSPS) is 32.1. The van der Waals surface area contributed by atoms with Crippen LogP contribution in [0.4, 0.5) is 0 Å². The van der Waals surface area contributed by atoms with Crippen LogP contribution in [0.15, 0.2) is 12.1 Å². The second-order valence-electron chi connectivity index (χ2n) is 8.79. The number of primary amides is 1. The predicted octanol–water partition coefficient (Wildman–Crippen LogP) is 3.05. The third kappa shape index (κ3) is 2.20. The maximum Gasteiger partial charge on any atom is 0.271 e. The fraction of sp³-hybridized carbons (Fsp3) is 0.550. The van der Waals surface area contributed by atoms with Crippen molar-refractivity contribution in [3.8, 4) is 17.0 Å². The van der Waals surface area contributed by atoms with Crippen LogP contribution in [-0.4, -0.2) is 26.4 Å². The Labute approximate surface area is 152 Å². The zero-order chi connectivity index (χ0) is 18.1. The summed E-state index contributed by atoms with van der Waals surface area (Å²) >= 11 is 0. The Hall–Kier alpha value is -2.37. The number of carbonyl (C=O) groups is 1. The minimum Gasteiger partial charge on any atom is -0.507 e. The van der Waals surface area contributed by atoms with Crippen molar-refractivity contribution in [2.75, 3.05) is 0 Å². The summed E-state index contributed by atoms with van der Waals surface area (Å²) in [6.45, 7) is 2.02. The third-order valence-electron chi connectivity index (χ3n) is 6.90. The van der Waals surface area contributed by atoms with Gasteiger partial charge in [0.15, 0.2) is 5.69 Å². The summed E-state index contributed by atoms with van der Waals surface area (Å²) in [6.07, 6.45) is 7.56. The van der Waals surface area contributed by atoms with Crippen LogP contribution in [0.25, 0.3) is 11.3 Å². The number of H-pyrrole nitrogens is 1. The van der Waals surface area contributed by atoms with Gasteiger partial charge in [0.25, 0.3) is 5.91 Å². The molecule has 1 aromatic carbocycles. The summed E-state index contributed by atoms with van der Waals surface area (Å²) < 4.78 is 0. The number of hydrogen-bond donors (Lipinski definition) is 3. The van der Waals surface area contributed by atoms with E-state index in [1.807, 2.05) is 13.0 Å². The van der Waals surface area contributed by atoms with Crippen molar-refractivity contribution in [1.29, 1.82) is 0 Å². The number of amides is 1. The standard InChI is InChI=1S/C20H24N4O2/c1-10-2-14(16-17(19(21)26)23-24-22-16)18(25)15(3-10)20-7-11-4-12(8-20)6-13(5-11)9-20/h2-3,11-13,25H,4-9H2,1H3,(H2,21,26)(H,22,23,24). The Morgan fingerprint density at radius 2 is 1.77 bits per heavy atom. The number of rotatable bonds is 3. The number of nitrogens with one attached hydrogen (secondary N) is 1. The molecule has 4 saturated carbocycles. The molecule has 136 valence electrons. The van der Waals surface area contributed by atoms with E-state index in [9.17, 15) is 9.90 Å². The first-order chi connectivity index (χ1) is 12.4. The molecule has 1 heterocycles. The number of carbonyl (C=O) groups excluding carboxylic acids is 1. The summed E-state index contributed by atoms with van der Waals surface area (Å²) in [7, 11) is 0. The monoisotopic (exact) mass is 352 g/mol. The average molecular weight is 352 g/mol. The molecule has 4 aliphatic rings. The fourth-order valence-electron chi connectivity index (χ4n) is 6.39. The largest absolute Gasteiger partial charge is 0.507 e. The number of hydrogen-bond acceptors (Lipinski definition) is 4. The van der Waals surface area contributed by atoms with Crippen molar-refractivity contribution in [3.05, 3.63) is 29.0 Å². The highest BCUT2D eigenvalue weighted by atomic mass is 16.3. The van der Waals surface area contributed by atoms with Crippen LogP contribution in [0.5, 0.6) is 5.75 Å². The molecule has 0 radical (unpaired) electrons. The van der Waals surface area contributed by atoms with Gasteiger partial charge in [-0.25, -0.2) is 0 Å². The average Bonchev–Trinajstić information content (AvgIpc) is 3.05. The van der Waals surface area contributed by atoms with Crippen molar-refractivity contribution in [3.63, 3.8) is 0 Å². The molecule has 26 heavy (non-hydrogen) atoms. The Kier molecular flexibility index (Phi) is 3.24. The lowest BCUT2D eigenvalue weighted by Crippen LogP contribution is -2.48. The van der Waals surface area contributed by atoms with Gasteiger partial charge in [0.05, 0.1) is 0 Å². The van der Waals surface area contributed by atoms with Crippen LogP contribution in [0, 0.1) is 24.7 Å². The molecule has 1 amide bonds. The molecule has 0 saturated heterocycles. The molecule has 2 aromatic rings. The van der Waals surface area contributed by atoms with Gasteiger partial charge in [-0.15, -0.1) is 0 Å². The molecule has 6 nitrogen and oxygen atoms in total. The molecule has 4 aliphatic carbocycles. The number of nitrogens with zero attached hydrogens (tertiary/aromatic N) is 2. The van der Waals surface area contributed by atoms with E-state index in [2.05, 4.69) is 21.5 Å². The molecular weight excluding hydrogens is 328 g/mol. The van der Waals surface area contributed by atoms with Crippen molar-refractivity contribution in [2.45, 2.75) is 50.9 Å². The quantitative estimate of drug-likeness (QED) is 0.789. The zero-order valence-electron chi connectivity index (χ0n) is 15.0. The second kappa shape index (κ2) is 5.32. The topological polar surface area (TPSA) is 105 Å². The van der Waals surface area contributed by atoms with E-state index in [1.165, 1.54) is 19.3 Å². The first-order valence-corrected chi connectivity index (χ1v) is 9.50. The summed E-state index contributed by atoms with van der Waals surface area (Å²) in [6, 6.07) is 4.00. The van der Waals surface area contributed by atoms with Gasteiger partial charge in [-0.2, -0.15) is 15.4 Å². The van der Waals surface area contributed by atoms with Gasteiger partial charge in [0.2, 0.25) is 0 Å². The second-order valence-corrected chi connectivity index (χ2v) is 8.79. The van der Waals surface area contributed by atoms with E-state index >= 15 is 0 Å². The molecule has 0 unspecified atom stereocenters. The van der Waals surface area contributed by atoms with E-state index in [-0.39, 0.29) is 16.9 Å². The van der Waals surface area contributed by atoms with Crippen molar-refractivity contribution >= 4 is 5.91 Å². The number of aromatic nitrogens is 3. The van der Waals surface area contributed by atoms with E-state index in [4.69, 9.17) is 5.73 Å². The van der Waals surface area contributed by atoms with Crippen molar-refractivity contribution in [1.82, 2.24) is 15.4 Å². The van der Waals surface area contributed by atoms with E-state index in [1.54, 1.807) is 0 Å². The first-order valence-electron chi connectivity index (χ1n) is 9.50. The predicted molar refractivity (Wildman–Crippen MR) is 96.6 cm³/mol. The molecule has 0 spiro atoms. The van der Waals surface area contributed by atoms with Crippen molar-refractivity contribution < 1.29 is 9.90 Å². The number of aryl methyl sites for hydroxylation is 1. The molecule has 6 rings (SSSR count). The van der Waals surface area contributed by atoms with Crippen LogP contribution in [0.2, 0.25) is 0 Å². The van der Waals surface area contributed by atoms with Crippen LogP contribution in [-0.2, 0) is 5.41 Å². The van der Waals surface area contributed by atoms with Gasteiger partial charge in [-0.05, 0) is 80.2 Å². The van der Waals surface area contributed by atoms with E-state index in [0.717, 1.165) is 48.1 Å². The summed E-state index contributed by atoms with van der Waals surface area (Å²) in [4.78, 5) is 11.7. The molecule has 1 aromatic heterocycles. The van der Waals surface area contributed by atoms with Crippen LogP contribution < -0.4 is 5.73 Å². The molecule has 6 heteroatoms. The Balaban J connectivity index is 1.66. The molecule has 4 bridgehead atoms. The Bertz CT molecular complexity index is 866. The number of aromatic hydroxyl groups is 1. The number of phenols is 1. The van der Waals surface area contributed by atoms with Gasteiger partial charge < -0.3 is 10.8 Å². The van der Waals surface area contributed by atoms with E-state index < -0.39 is 5.91 Å². The minimum absolute atomic E-state index is 0.0657. The SMILES string of the molecule is Cc1cc(-c2n[nH]nc2C(N)=O)c(O)c(C23CC4CC(CC(C4)C2)C3)c1. The smallest absolute Gasteiger partial charge is 0.271 e. The lowest BCUT2D eigenvalue weighted by Gasteiger charge is -2.57. The zero-order valence-corrected chi connectivity index (χ0v) is 15.0. The molecule has 0 aliphatic heterocycles. The Morgan fingerprint density at radius 1 is 1.15 bits per heavy atom. The van der Waals surface area contributed by atoms with Gasteiger partial charge in [-0.1, -0.05) is 6.07 Å². The molecule has 4 fully saturated rings. The number of aromatic amines is 1. The highest BCUT2D eigenvalue weighted by molar-refractivity contribution is 5.97. The number of nitrogens with two attached hydrogens (primary N) is 1. The van der Waals surface area contributed by atoms with E-state index in [0.29, 0.717) is 11.3 Å². The van der Waals surface area contributed by atoms with Crippen molar-refractivity contribution in [2.24, 2.45) is 23.5 Å². The first kappa shape index (κ1) is 15.9. The summed E-state index contributed by atoms with van der Waals surface area (Å²) in [5.74, 6) is 1.97. The fourth-order valence-corrected chi connectivity index (χ4v) is 6.39. The molecular formula is C20H24N4O2. The lowest BCUT2D eigenvalue weighted by atomic mass is 9.48. The maximum atomic E-state index is 11.7. The highest BCUT2D eigenvalue weighted by Gasteiger charge is 2.52. The highest BCUT2D eigenvalue weighted by Crippen LogP contribution is 2.62. The molecule has 4 N–H and O–H groups in total. The third-order valence-corrected chi connectivity index (χ3v) is 6.90. The maximum absolute atomic E-state index is 11.7. The van der Waals surface area contributed by atoms with Gasteiger partial charge >= 0.3 is 0 Å². The minimum atomic E-state index is -0.647. The summed E-state index contributed by atoms with van der Waals surface area (Å²) in [5.41, 5.74) is 8.54. The van der Waals surface area contributed by atoms with Crippen LogP contribution in [0.3, 0.4) is 0 Å². The van der Waals surface area contributed by atoms with Gasteiger partial charge in [0, 0.05) is 11.1 Å². The van der Waals surface area contributed by atoms with Crippen LogP contribution >= 0.6 is 0 Å². The molecule has 0 atom stereocenters. The number of phenolic OH excluding ortho intramolecular Hbond substituents is 1. The van der Waals surface area contributed by atoms with Gasteiger partial charge in [0.1, 0.15) is 11.4 Å². The number of benzene rings is 1.